The van der Waals surface area contributed by atoms with Crippen LogP contribution in [-0.2, 0) is 16.1 Å². The molecule has 2 amide bonds. The van der Waals surface area contributed by atoms with Crippen molar-refractivity contribution in [1.29, 1.82) is 0 Å². The number of carbonyl (C=O) groups excluding carboxylic acids is 2. The van der Waals surface area contributed by atoms with E-state index in [4.69, 9.17) is 0 Å². The highest BCUT2D eigenvalue weighted by Crippen LogP contribution is 2.23. The van der Waals surface area contributed by atoms with Gasteiger partial charge in [0.1, 0.15) is 0 Å². The number of rotatable bonds is 5. The molecule has 1 unspecified atom stereocenters. The van der Waals surface area contributed by atoms with Gasteiger partial charge in [-0.25, -0.2) is 0 Å². The molecule has 1 aromatic rings. The summed E-state index contributed by atoms with van der Waals surface area (Å²) in [6, 6.07) is 10.4. The fourth-order valence-corrected chi connectivity index (χ4v) is 4.27. The summed E-state index contributed by atoms with van der Waals surface area (Å²) in [5.74, 6) is 0.0613. The van der Waals surface area contributed by atoms with E-state index in [2.05, 4.69) is 17.4 Å². The average molecular weight is 357 g/mol. The van der Waals surface area contributed by atoms with Gasteiger partial charge in [0.05, 0.1) is 0 Å². The van der Waals surface area contributed by atoms with Crippen molar-refractivity contribution in [2.24, 2.45) is 5.92 Å². The molecule has 0 aromatic heterocycles. The first-order valence-electron chi connectivity index (χ1n) is 10.3. The van der Waals surface area contributed by atoms with E-state index in [1.165, 1.54) is 25.7 Å². The lowest BCUT2D eigenvalue weighted by Crippen LogP contribution is -2.39. The van der Waals surface area contributed by atoms with Crippen LogP contribution in [0.5, 0.6) is 0 Å². The first-order valence-corrected chi connectivity index (χ1v) is 10.3. The lowest BCUT2D eigenvalue weighted by atomic mass is 9.97. The van der Waals surface area contributed by atoms with Crippen LogP contribution >= 0.6 is 0 Å². The molecular formula is C22H32N2O2. The molecule has 1 N–H and O–H groups in total. The maximum atomic E-state index is 13.0. The van der Waals surface area contributed by atoms with Gasteiger partial charge in [-0.15, -0.1) is 0 Å². The Hall–Kier alpha value is -1.84. The van der Waals surface area contributed by atoms with Crippen molar-refractivity contribution < 1.29 is 9.59 Å². The van der Waals surface area contributed by atoms with Gasteiger partial charge in [-0.1, -0.05) is 62.4 Å². The van der Waals surface area contributed by atoms with Crippen LogP contribution in [-0.4, -0.2) is 29.3 Å². The van der Waals surface area contributed by atoms with Crippen LogP contribution < -0.4 is 5.32 Å². The monoisotopic (exact) mass is 356 g/mol. The third kappa shape index (κ3) is 5.58. The third-order valence-corrected chi connectivity index (χ3v) is 5.76. The second-order valence-electron chi connectivity index (χ2n) is 7.90. The Morgan fingerprint density at radius 1 is 0.962 bits per heavy atom. The first kappa shape index (κ1) is 18.9. The number of amides is 2. The Labute approximate surface area is 157 Å². The van der Waals surface area contributed by atoms with Crippen LogP contribution in [0.25, 0.3) is 0 Å². The highest BCUT2D eigenvalue weighted by Gasteiger charge is 2.29. The highest BCUT2D eigenvalue weighted by atomic mass is 16.2. The van der Waals surface area contributed by atoms with Crippen molar-refractivity contribution in [2.75, 3.05) is 6.54 Å². The average Bonchev–Trinajstić information content (AvgIpc) is 2.99. The van der Waals surface area contributed by atoms with Crippen molar-refractivity contribution in [2.45, 2.75) is 76.8 Å². The molecule has 0 spiro atoms. The molecular weight excluding hydrogens is 324 g/mol. The van der Waals surface area contributed by atoms with E-state index in [1.807, 2.05) is 23.1 Å². The minimum Gasteiger partial charge on any atom is -0.353 e. The van der Waals surface area contributed by atoms with Crippen LogP contribution in [0.1, 0.15) is 69.8 Å². The van der Waals surface area contributed by atoms with Crippen LogP contribution in [0.4, 0.5) is 0 Å². The molecule has 1 atom stereocenters. The van der Waals surface area contributed by atoms with Gasteiger partial charge in [0, 0.05) is 31.5 Å². The molecule has 26 heavy (non-hydrogen) atoms. The minimum atomic E-state index is -0.160. The van der Waals surface area contributed by atoms with Gasteiger partial charge in [-0.05, 0) is 31.2 Å². The quantitative estimate of drug-likeness (QED) is 0.809. The van der Waals surface area contributed by atoms with E-state index < -0.39 is 0 Å². The molecule has 1 saturated heterocycles. The number of nitrogens with one attached hydrogen (secondary N) is 1. The van der Waals surface area contributed by atoms with Crippen LogP contribution in [0.3, 0.4) is 0 Å². The molecule has 0 radical (unpaired) electrons. The summed E-state index contributed by atoms with van der Waals surface area (Å²) in [5.41, 5.74) is 1.16. The van der Waals surface area contributed by atoms with E-state index in [0.29, 0.717) is 19.0 Å². The number of likely N-dealkylation sites (tertiary alicyclic amines) is 1. The number of hydrogen-bond donors (Lipinski definition) is 1. The summed E-state index contributed by atoms with van der Waals surface area (Å²) >= 11 is 0. The molecule has 1 heterocycles. The van der Waals surface area contributed by atoms with Gasteiger partial charge in [0.15, 0.2) is 0 Å². The van der Waals surface area contributed by atoms with E-state index >= 15 is 0 Å². The molecule has 1 saturated carbocycles. The molecule has 3 rings (SSSR count). The topological polar surface area (TPSA) is 49.4 Å². The Kier molecular flexibility index (Phi) is 7.10. The van der Waals surface area contributed by atoms with Crippen molar-refractivity contribution in [3.8, 4) is 0 Å². The van der Waals surface area contributed by atoms with Crippen molar-refractivity contribution >= 4 is 11.8 Å². The normalized spacial score (nSPS) is 22.5. The van der Waals surface area contributed by atoms with Gasteiger partial charge in [0.2, 0.25) is 11.8 Å². The molecule has 2 aliphatic rings. The van der Waals surface area contributed by atoms with Gasteiger partial charge >= 0.3 is 0 Å². The zero-order chi connectivity index (χ0) is 18.2. The second kappa shape index (κ2) is 9.75. The smallest absolute Gasteiger partial charge is 0.226 e. The first-order chi connectivity index (χ1) is 12.7. The number of hydrogen-bond acceptors (Lipinski definition) is 2. The summed E-state index contributed by atoms with van der Waals surface area (Å²) in [4.78, 5) is 27.5. The maximum Gasteiger partial charge on any atom is 0.226 e. The van der Waals surface area contributed by atoms with Crippen molar-refractivity contribution in [1.82, 2.24) is 10.2 Å². The second-order valence-corrected chi connectivity index (χ2v) is 7.90. The molecule has 4 heteroatoms. The van der Waals surface area contributed by atoms with E-state index in [0.717, 1.165) is 44.2 Å². The summed E-state index contributed by atoms with van der Waals surface area (Å²) in [5, 5.41) is 3.20. The zero-order valence-corrected chi connectivity index (χ0v) is 15.8. The predicted octanol–water partition coefficient (Wildman–Crippen LogP) is 4.04. The lowest BCUT2D eigenvalue weighted by molar-refractivity contribution is -0.138. The van der Waals surface area contributed by atoms with Gasteiger partial charge in [0.25, 0.3) is 0 Å². The largest absolute Gasteiger partial charge is 0.353 e. The molecule has 1 aliphatic carbocycles. The molecule has 1 aromatic carbocycles. The van der Waals surface area contributed by atoms with E-state index in [1.54, 1.807) is 0 Å². The Balaban J connectivity index is 1.55. The summed E-state index contributed by atoms with van der Waals surface area (Å²) in [7, 11) is 0. The standard InChI is InChI=1S/C22H32N2O2/c25-21(23-20-13-6-1-2-7-14-20)16-19-12-8-9-15-24(22(19)26)17-18-10-4-3-5-11-18/h3-5,10-11,19-20H,1-2,6-9,12-17H2,(H,23,25). The van der Waals surface area contributed by atoms with Crippen LogP contribution in [0.15, 0.2) is 30.3 Å². The highest BCUT2D eigenvalue weighted by molar-refractivity contribution is 5.86. The SMILES string of the molecule is O=C(CC1CCCCN(Cc2ccccc2)C1=O)NC1CCCCCC1. The van der Waals surface area contributed by atoms with Gasteiger partial charge in [-0.3, -0.25) is 9.59 Å². The van der Waals surface area contributed by atoms with Gasteiger partial charge < -0.3 is 10.2 Å². The Morgan fingerprint density at radius 3 is 2.38 bits per heavy atom. The Morgan fingerprint density at radius 2 is 1.65 bits per heavy atom. The summed E-state index contributed by atoms with van der Waals surface area (Å²) in [6.07, 6.45) is 10.4. The zero-order valence-electron chi connectivity index (χ0n) is 15.8. The number of carbonyl (C=O) groups is 2. The van der Waals surface area contributed by atoms with Crippen molar-refractivity contribution in [3.63, 3.8) is 0 Å². The van der Waals surface area contributed by atoms with E-state index in [9.17, 15) is 9.59 Å². The molecule has 0 bridgehead atoms. The summed E-state index contributed by atoms with van der Waals surface area (Å²) in [6.45, 7) is 1.45. The molecule has 142 valence electrons. The molecule has 4 nitrogen and oxygen atoms in total. The van der Waals surface area contributed by atoms with E-state index in [-0.39, 0.29) is 17.7 Å². The summed E-state index contributed by atoms with van der Waals surface area (Å²) < 4.78 is 0. The number of benzene rings is 1. The predicted molar refractivity (Wildman–Crippen MR) is 103 cm³/mol. The van der Waals surface area contributed by atoms with Gasteiger partial charge in [-0.2, -0.15) is 0 Å². The number of nitrogens with zero attached hydrogens (tertiary/aromatic N) is 1. The van der Waals surface area contributed by atoms with Crippen LogP contribution in [0, 0.1) is 5.92 Å². The maximum absolute atomic E-state index is 13.0. The Bertz CT molecular complexity index is 579. The fourth-order valence-electron chi connectivity index (χ4n) is 4.27. The lowest BCUT2D eigenvalue weighted by Gasteiger charge is -2.25. The minimum absolute atomic E-state index is 0.0665. The van der Waals surface area contributed by atoms with Crippen LogP contribution in [0.2, 0.25) is 0 Å². The molecule has 2 fully saturated rings. The third-order valence-electron chi connectivity index (χ3n) is 5.76. The fraction of sp³-hybridized carbons (Fsp3) is 0.636. The molecule has 1 aliphatic heterocycles. The van der Waals surface area contributed by atoms with Crippen molar-refractivity contribution in [3.05, 3.63) is 35.9 Å².